The molecule has 0 fully saturated rings. The molecule has 1 aromatic carbocycles. The number of aromatic nitrogens is 1. The maximum absolute atomic E-state index is 13.3. The summed E-state index contributed by atoms with van der Waals surface area (Å²) >= 11 is 1.54. The van der Waals surface area contributed by atoms with Gasteiger partial charge in [0.1, 0.15) is 0 Å². The highest BCUT2D eigenvalue weighted by Crippen LogP contribution is 2.21. The van der Waals surface area contributed by atoms with Gasteiger partial charge in [-0.05, 0) is 13.0 Å². The first-order valence-corrected chi connectivity index (χ1v) is 5.97. The first-order valence-electron chi connectivity index (χ1n) is 5.15. The fourth-order valence-electron chi connectivity index (χ4n) is 1.44. The molecule has 0 amide bonds. The third kappa shape index (κ3) is 2.80. The maximum Gasteiger partial charge on any atom is 0.304 e. The first-order chi connectivity index (χ1) is 8.56. The molecule has 0 aliphatic rings. The minimum Gasteiger partial charge on any atom is -0.380 e. The van der Waals surface area contributed by atoms with Gasteiger partial charge in [0.2, 0.25) is 5.82 Å². The molecule has 1 heterocycles. The number of halogens is 1. The lowest BCUT2D eigenvalue weighted by Gasteiger charge is -2.04. The van der Waals surface area contributed by atoms with Crippen LogP contribution < -0.4 is 5.32 Å². The van der Waals surface area contributed by atoms with E-state index < -0.39 is 16.4 Å². The third-order valence-corrected chi connectivity index (χ3v) is 3.19. The van der Waals surface area contributed by atoms with Gasteiger partial charge in [0, 0.05) is 28.9 Å². The average Bonchev–Trinajstić information content (AvgIpc) is 2.72. The van der Waals surface area contributed by atoms with Gasteiger partial charge < -0.3 is 5.32 Å². The molecule has 1 aromatic heterocycles. The summed E-state index contributed by atoms with van der Waals surface area (Å²) in [7, 11) is 0. The molecule has 0 aliphatic heterocycles. The van der Waals surface area contributed by atoms with Crippen LogP contribution in [-0.2, 0) is 6.54 Å². The average molecular weight is 267 g/mol. The van der Waals surface area contributed by atoms with Gasteiger partial charge in [-0.3, -0.25) is 10.1 Å². The van der Waals surface area contributed by atoms with Crippen molar-refractivity contribution in [1.29, 1.82) is 0 Å². The van der Waals surface area contributed by atoms with Crippen LogP contribution in [0.4, 0.5) is 15.8 Å². The molecule has 0 radical (unpaired) electrons. The van der Waals surface area contributed by atoms with E-state index in [9.17, 15) is 14.5 Å². The van der Waals surface area contributed by atoms with Crippen LogP contribution in [0.3, 0.4) is 0 Å². The van der Waals surface area contributed by atoms with Crippen molar-refractivity contribution in [1.82, 2.24) is 4.98 Å². The fraction of sp³-hybridized carbons (Fsp3) is 0.182. The van der Waals surface area contributed by atoms with Crippen LogP contribution in [0.25, 0.3) is 0 Å². The minimum absolute atomic E-state index is 0.504. The van der Waals surface area contributed by atoms with Gasteiger partial charge in [0.15, 0.2) is 0 Å². The van der Waals surface area contributed by atoms with Gasteiger partial charge in [0.25, 0.3) is 0 Å². The summed E-state index contributed by atoms with van der Waals surface area (Å²) in [6.45, 7) is 2.42. The van der Waals surface area contributed by atoms with Gasteiger partial charge in [-0.2, -0.15) is 4.39 Å². The molecule has 2 aromatic rings. The highest BCUT2D eigenvalue weighted by Gasteiger charge is 2.13. The molecule has 0 saturated carbocycles. The SMILES string of the molecule is Cc1ncc(CNc2ccc([N+](=O)[O-])c(F)c2)s1. The Balaban J connectivity index is 2.06. The smallest absolute Gasteiger partial charge is 0.304 e. The number of rotatable bonds is 4. The van der Waals surface area contributed by atoms with Crippen LogP contribution in [0.1, 0.15) is 9.88 Å². The molecule has 0 unspecified atom stereocenters. The molecule has 1 N–H and O–H groups in total. The number of hydrogen-bond donors (Lipinski definition) is 1. The molecule has 0 spiro atoms. The number of thiazole rings is 1. The Morgan fingerprint density at radius 2 is 2.33 bits per heavy atom. The highest BCUT2D eigenvalue weighted by atomic mass is 32.1. The van der Waals surface area contributed by atoms with E-state index in [1.54, 1.807) is 17.5 Å². The number of anilines is 1. The quantitative estimate of drug-likeness (QED) is 0.682. The van der Waals surface area contributed by atoms with Gasteiger partial charge in [-0.15, -0.1) is 11.3 Å². The highest BCUT2D eigenvalue weighted by molar-refractivity contribution is 7.11. The van der Waals surface area contributed by atoms with Crippen molar-refractivity contribution in [2.75, 3.05) is 5.32 Å². The minimum atomic E-state index is -0.842. The Morgan fingerprint density at radius 3 is 2.89 bits per heavy atom. The molecular weight excluding hydrogens is 257 g/mol. The number of hydrogen-bond acceptors (Lipinski definition) is 5. The number of nitro benzene ring substituents is 1. The molecule has 2 rings (SSSR count). The first kappa shape index (κ1) is 12.4. The molecule has 94 valence electrons. The summed E-state index contributed by atoms with van der Waals surface area (Å²) in [5.41, 5.74) is -0.0154. The molecule has 7 heteroatoms. The molecular formula is C11H10FN3O2S. The normalized spacial score (nSPS) is 10.3. The zero-order valence-electron chi connectivity index (χ0n) is 9.51. The number of nitrogens with zero attached hydrogens (tertiary/aromatic N) is 2. The summed E-state index contributed by atoms with van der Waals surface area (Å²) in [4.78, 5) is 14.8. The van der Waals surface area contributed by atoms with Crippen LogP contribution in [0.5, 0.6) is 0 Å². The van der Waals surface area contributed by atoms with Gasteiger partial charge in [-0.1, -0.05) is 0 Å². The van der Waals surface area contributed by atoms with Gasteiger partial charge in [0.05, 0.1) is 16.5 Å². The van der Waals surface area contributed by atoms with Crippen molar-refractivity contribution >= 4 is 22.7 Å². The second kappa shape index (κ2) is 5.09. The van der Waals surface area contributed by atoms with E-state index in [1.807, 2.05) is 6.92 Å². The van der Waals surface area contributed by atoms with Crippen LogP contribution in [0.2, 0.25) is 0 Å². The van der Waals surface area contributed by atoms with E-state index in [2.05, 4.69) is 10.3 Å². The van der Waals surface area contributed by atoms with Crippen LogP contribution in [0.15, 0.2) is 24.4 Å². The number of benzene rings is 1. The molecule has 0 atom stereocenters. The van der Waals surface area contributed by atoms with Crippen molar-refractivity contribution < 1.29 is 9.31 Å². The Kier molecular flexibility index (Phi) is 3.52. The van der Waals surface area contributed by atoms with Crippen molar-refractivity contribution in [2.45, 2.75) is 13.5 Å². The van der Waals surface area contributed by atoms with Crippen LogP contribution >= 0.6 is 11.3 Å². The molecule has 0 saturated heterocycles. The van der Waals surface area contributed by atoms with Crippen molar-refractivity contribution in [3.8, 4) is 0 Å². The van der Waals surface area contributed by atoms with E-state index >= 15 is 0 Å². The van der Waals surface area contributed by atoms with Crippen molar-refractivity contribution in [3.05, 3.63) is 50.2 Å². The summed E-state index contributed by atoms with van der Waals surface area (Å²) in [5, 5.41) is 14.4. The molecule has 18 heavy (non-hydrogen) atoms. The van der Waals surface area contributed by atoms with Gasteiger partial charge >= 0.3 is 5.69 Å². The third-order valence-electron chi connectivity index (χ3n) is 2.28. The van der Waals surface area contributed by atoms with E-state index in [4.69, 9.17) is 0 Å². The second-order valence-electron chi connectivity index (χ2n) is 3.62. The van der Waals surface area contributed by atoms with E-state index in [-0.39, 0.29) is 0 Å². The Labute approximate surface area is 106 Å². The standard InChI is InChI=1S/C11H10FN3O2S/c1-7-13-5-9(18-7)6-14-8-2-3-11(15(16)17)10(12)4-8/h2-5,14H,6H2,1H3. The monoisotopic (exact) mass is 267 g/mol. The second-order valence-corrected chi connectivity index (χ2v) is 4.94. The topological polar surface area (TPSA) is 68.1 Å². The predicted molar refractivity (Wildman–Crippen MR) is 67.2 cm³/mol. The summed E-state index contributed by atoms with van der Waals surface area (Å²) in [6.07, 6.45) is 1.74. The Morgan fingerprint density at radius 1 is 1.56 bits per heavy atom. The zero-order chi connectivity index (χ0) is 13.1. The summed E-state index contributed by atoms with van der Waals surface area (Å²) < 4.78 is 13.3. The summed E-state index contributed by atoms with van der Waals surface area (Å²) in [5.74, 6) is -0.842. The van der Waals surface area contributed by atoms with E-state index in [0.29, 0.717) is 12.2 Å². The van der Waals surface area contributed by atoms with Crippen LogP contribution in [-0.4, -0.2) is 9.91 Å². The van der Waals surface area contributed by atoms with Gasteiger partial charge in [-0.25, -0.2) is 4.98 Å². The largest absolute Gasteiger partial charge is 0.380 e. The Hall–Kier alpha value is -2.02. The predicted octanol–water partition coefficient (Wildman–Crippen LogP) is 3.11. The summed E-state index contributed by atoms with van der Waals surface area (Å²) in [6, 6.07) is 3.75. The van der Waals surface area contributed by atoms with E-state index in [1.165, 1.54) is 6.07 Å². The lowest BCUT2D eigenvalue weighted by molar-refractivity contribution is -0.387. The lowest BCUT2D eigenvalue weighted by atomic mass is 10.2. The number of aryl methyl sites for hydroxylation is 1. The Bertz CT molecular complexity index is 585. The van der Waals surface area contributed by atoms with E-state index in [0.717, 1.165) is 22.0 Å². The number of nitro groups is 1. The number of nitrogens with one attached hydrogen (secondary N) is 1. The van der Waals surface area contributed by atoms with Crippen LogP contribution in [0, 0.1) is 22.9 Å². The lowest BCUT2D eigenvalue weighted by Crippen LogP contribution is -1.99. The molecule has 0 aliphatic carbocycles. The van der Waals surface area contributed by atoms with Crippen molar-refractivity contribution in [3.63, 3.8) is 0 Å². The fourth-order valence-corrected chi connectivity index (χ4v) is 2.18. The maximum atomic E-state index is 13.3. The molecule has 5 nitrogen and oxygen atoms in total. The molecule has 0 bridgehead atoms. The van der Waals surface area contributed by atoms with Crippen molar-refractivity contribution in [2.24, 2.45) is 0 Å². The zero-order valence-corrected chi connectivity index (χ0v) is 10.3.